The van der Waals surface area contributed by atoms with Gasteiger partial charge in [0.1, 0.15) is 0 Å². The summed E-state index contributed by atoms with van der Waals surface area (Å²) in [5.74, 6) is 4.87. The fraction of sp³-hybridized carbons (Fsp3) is 0.933. The van der Waals surface area contributed by atoms with Crippen LogP contribution in [0.4, 0.5) is 0 Å². The molecule has 0 radical (unpaired) electrons. The average molecular weight is 429 g/mol. The molecule has 1 unspecified atom stereocenters. The third kappa shape index (κ3) is 3.77. The fourth-order valence-corrected chi connectivity index (χ4v) is 9.54. The van der Waals surface area contributed by atoms with Gasteiger partial charge in [0.15, 0.2) is 0 Å². The van der Waals surface area contributed by atoms with Crippen molar-refractivity contribution in [3.63, 3.8) is 0 Å². The Morgan fingerprint density at radius 1 is 0.903 bits per heavy atom. The average Bonchev–Trinajstić information content (AvgIpc) is 3.01. The number of allylic oxidation sites excluding steroid dienone is 2. The van der Waals surface area contributed by atoms with Gasteiger partial charge in [-0.15, -0.1) is 0 Å². The van der Waals surface area contributed by atoms with Gasteiger partial charge >= 0.3 is 0 Å². The van der Waals surface area contributed by atoms with E-state index in [2.05, 4.69) is 47.6 Å². The topological polar surface area (TPSA) is 20.2 Å². The summed E-state index contributed by atoms with van der Waals surface area (Å²) in [7, 11) is 0. The Bertz CT molecular complexity index is 663. The second-order valence-corrected chi connectivity index (χ2v) is 13.4. The van der Waals surface area contributed by atoms with Crippen LogP contribution in [0.5, 0.6) is 0 Å². The summed E-state index contributed by atoms with van der Waals surface area (Å²) >= 11 is 0. The van der Waals surface area contributed by atoms with Crippen molar-refractivity contribution in [3.8, 4) is 0 Å². The van der Waals surface area contributed by atoms with E-state index in [1.807, 2.05) is 5.57 Å². The lowest BCUT2D eigenvalue weighted by molar-refractivity contribution is -0.0427. The molecule has 3 fully saturated rings. The molecule has 1 nitrogen and oxygen atoms in total. The first-order valence-electron chi connectivity index (χ1n) is 14.0. The Balaban J connectivity index is 1.53. The van der Waals surface area contributed by atoms with E-state index < -0.39 is 0 Å². The maximum Gasteiger partial charge on any atom is 0.0433 e. The Labute approximate surface area is 193 Å². The summed E-state index contributed by atoms with van der Waals surface area (Å²) in [5, 5.41) is 9.50. The quantitative estimate of drug-likeness (QED) is 0.403. The van der Waals surface area contributed by atoms with Gasteiger partial charge in [-0.3, -0.25) is 0 Å². The molecule has 4 rings (SSSR count). The van der Waals surface area contributed by atoms with Crippen molar-refractivity contribution in [1.82, 2.24) is 0 Å². The molecule has 1 N–H and O–H groups in total. The number of fused-ring (bicyclic) bond motifs is 5. The van der Waals surface area contributed by atoms with Gasteiger partial charge in [0.2, 0.25) is 0 Å². The lowest BCUT2D eigenvalue weighted by Crippen LogP contribution is -2.52. The van der Waals surface area contributed by atoms with Gasteiger partial charge in [-0.25, -0.2) is 0 Å². The predicted molar refractivity (Wildman–Crippen MR) is 133 cm³/mol. The van der Waals surface area contributed by atoms with Crippen LogP contribution in [0.15, 0.2) is 11.6 Å². The van der Waals surface area contributed by atoms with Gasteiger partial charge in [-0.1, -0.05) is 72.5 Å². The largest absolute Gasteiger partial charge is 0.396 e. The van der Waals surface area contributed by atoms with Crippen LogP contribution < -0.4 is 0 Å². The van der Waals surface area contributed by atoms with E-state index in [1.165, 1.54) is 70.6 Å². The van der Waals surface area contributed by atoms with Crippen LogP contribution in [0.1, 0.15) is 119 Å². The Hall–Kier alpha value is -0.300. The molecule has 0 aromatic carbocycles. The first kappa shape index (κ1) is 23.8. The zero-order valence-corrected chi connectivity index (χ0v) is 21.7. The minimum atomic E-state index is 0.353. The fourth-order valence-electron chi connectivity index (χ4n) is 9.54. The third-order valence-corrected chi connectivity index (χ3v) is 12.0. The van der Waals surface area contributed by atoms with Crippen molar-refractivity contribution in [2.24, 2.45) is 51.8 Å². The van der Waals surface area contributed by atoms with Gasteiger partial charge in [0.25, 0.3) is 0 Å². The van der Waals surface area contributed by atoms with Crippen LogP contribution in [-0.2, 0) is 0 Å². The highest BCUT2D eigenvalue weighted by molar-refractivity contribution is 5.31. The standard InChI is InChI=1S/C30H52O/c1-21(2)23(16-20-31)11-10-22(3)25-14-18-30(6)27-13-12-24-9-7-8-17-28(24,4)26(27)15-19-29(25,30)5/h15,21-25,27,31H,7-14,16-20H2,1-6H3/t22-,23+,24?,25-,27-,28+,29-,30+/m1/s1. The molecule has 3 saturated carbocycles. The Morgan fingerprint density at radius 3 is 2.39 bits per heavy atom. The van der Waals surface area contributed by atoms with E-state index in [0.29, 0.717) is 34.7 Å². The van der Waals surface area contributed by atoms with E-state index >= 15 is 0 Å². The number of hydrogen-bond acceptors (Lipinski definition) is 1. The SMILES string of the molecule is CC(C)[C@H](CCO)CC[C@@H](C)[C@H]1CC[C@@]2(C)[C@@H]3CCC4CCCC[C@]4(C)C3=CC[C@]12C. The molecule has 0 saturated heterocycles. The Morgan fingerprint density at radius 2 is 1.68 bits per heavy atom. The van der Waals surface area contributed by atoms with Crippen LogP contribution in [0.3, 0.4) is 0 Å². The second-order valence-electron chi connectivity index (χ2n) is 13.4. The van der Waals surface area contributed by atoms with Crippen LogP contribution >= 0.6 is 0 Å². The van der Waals surface area contributed by atoms with E-state index in [0.717, 1.165) is 30.1 Å². The van der Waals surface area contributed by atoms with Gasteiger partial charge in [-0.05, 0) is 110 Å². The maximum atomic E-state index is 9.50. The first-order valence-corrected chi connectivity index (χ1v) is 14.0. The van der Waals surface area contributed by atoms with E-state index in [1.54, 1.807) is 0 Å². The monoisotopic (exact) mass is 428 g/mol. The summed E-state index contributed by atoms with van der Waals surface area (Å²) < 4.78 is 0. The van der Waals surface area contributed by atoms with E-state index in [4.69, 9.17) is 0 Å². The molecule has 4 aliphatic rings. The molecule has 0 amide bonds. The summed E-state index contributed by atoms with van der Waals surface area (Å²) in [6.45, 7) is 15.7. The molecule has 1 heteroatoms. The van der Waals surface area contributed by atoms with Crippen molar-refractivity contribution in [2.45, 2.75) is 119 Å². The number of aliphatic hydroxyl groups excluding tert-OH is 1. The maximum absolute atomic E-state index is 9.50. The third-order valence-electron chi connectivity index (χ3n) is 12.0. The number of aliphatic hydroxyl groups is 1. The highest BCUT2D eigenvalue weighted by Crippen LogP contribution is 2.71. The normalized spacial score (nSPS) is 44.3. The lowest BCUT2D eigenvalue weighted by atomic mass is 9.44. The first-order chi connectivity index (χ1) is 14.7. The zero-order valence-electron chi connectivity index (χ0n) is 21.7. The molecule has 0 aromatic heterocycles. The molecule has 0 bridgehead atoms. The van der Waals surface area contributed by atoms with Crippen molar-refractivity contribution >= 4 is 0 Å². The summed E-state index contributed by atoms with van der Waals surface area (Å²) in [6, 6.07) is 0. The second kappa shape index (κ2) is 8.81. The minimum absolute atomic E-state index is 0.353. The summed E-state index contributed by atoms with van der Waals surface area (Å²) in [5.41, 5.74) is 3.41. The van der Waals surface area contributed by atoms with Gasteiger partial charge in [0.05, 0.1) is 0 Å². The van der Waals surface area contributed by atoms with Crippen molar-refractivity contribution in [2.75, 3.05) is 6.61 Å². The summed E-state index contributed by atoms with van der Waals surface area (Å²) in [6.07, 6.45) is 19.5. The van der Waals surface area contributed by atoms with Gasteiger partial charge in [0, 0.05) is 6.61 Å². The van der Waals surface area contributed by atoms with Gasteiger partial charge < -0.3 is 5.11 Å². The zero-order chi connectivity index (χ0) is 22.4. The number of rotatable bonds is 7. The van der Waals surface area contributed by atoms with Crippen molar-refractivity contribution in [1.29, 1.82) is 0 Å². The highest BCUT2D eigenvalue weighted by Gasteiger charge is 2.63. The predicted octanol–water partition coefficient (Wildman–Crippen LogP) is 8.42. The lowest BCUT2D eigenvalue weighted by Gasteiger charge is -2.61. The summed E-state index contributed by atoms with van der Waals surface area (Å²) in [4.78, 5) is 0. The van der Waals surface area contributed by atoms with E-state index in [-0.39, 0.29) is 0 Å². The Kier molecular flexibility index (Phi) is 6.78. The number of hydrogen-bond donors (Lipinski definition) is 1. The molecule has 0 heterocycles. The van der Waals surface area contributed by atoms with Crippen LogP contribution in [0, 0.1) is 51.8 Å². The molecule has 0 spiro atoms. The van der Waals surface area contributed by atoms with Crippen LogP contribution in [-0.4, -0.2) is 11.7 Å². The van der Waals surface area contributed by atoms with Crippen molar-refractivity contribution in [3.05, 3.63) is 11.6 Å². The van der Waals surface area contributed by atoms with Crippen LogP contribution in [0.25, 0.3) is 0 Å². The van der Waals surface area contributed by atoms with Gasteiger partial charge in [-0.2, -0.15) is 0 Å². The van der Waals surface area contributed by atoms with Crippen molar-refractivity contribution < 1.29 is 5.11 Å². The molecule has 4 aliphatic carbocycles. The molecule has 0 aromatic rings. The van der Waals surface area contributed by atoms with Crippen LogP contribution in [0.2, 0.25) is 0 Å². The molecular formula is C30H52O. The molecule has 178 valence electrons. The molecule has 31 heavy (non-hydrogen) atoms. The minimum Gasteiger partial charge on any atom is -0.396 e. The van der Waals surface area contributed by atoms with E-state index in [9.17, 15) is 5.11 Å². The highest BCUT2D eigenvalue weighted by atomic mass is 16.3. The molecule has 0 aliphatic heterocycles. The smallest absolute Gasteiger partial charge is 0.0433 e. The molecule has 8 atom stereocenters. The molecular weight excluding hydrogens is 376 g/mol.